The number of nitrogens with zero attached hydrogens (tertiary/aromatic N) is 4. The van der Waals surface area contributed by atoms with Crippen molar-refractivity contribution in [2.24, 2.45) is 0 Å². The van der Waals surface area contributed by atoms with E-state index in [4.69, 9.17) is 14.5 Å². The normalized spacial score (nSPS) is 12.4. The molecule has 302 valence electrons. The van der Waals surface area contributed by atoms with Crippen molar-refractivity contribution in [3.8, 4) is 62.0 Å². The average molecular weight is 817 g/mol. The maximum absolute atomic E-state index is 6.23. The largest absolute Gasteiger partial charge is 0.490 e. The van der Waals surface area contributed by atoms with Gasteiger partial charge in [0.25, 0.3) is 11.0 Å². The van der Waals surface area contributed by atoms with Crippen LogP contribution in [0.25, 0.3) is 105 Å². The van der Waals surface area contributed by atoms with Gasteiger partial charge in [0.2, 0.25) is 0 Å². The summed E-state index contributed by atoms with van der Waals surface area (Å²) in [6.07, 6.45) is 5.36. The van der Waals surface area contributed by atoms with Gasteiger partial charge in [-0.1, -0.05) is 97.9 Å². The quantitative estimate of drug-likeness (QED) is 0.113. The summed E-state index contributed by atoms with van der Waals surface area (Å²) in [5.74, 6) is 2.72. The number of methoxy groups -OCH3 is 1. The number of pyridine rings is 2. The van der Waals surface area contributed by atoms with Gasteiger partial charge in [-0.25, -0.2) is 4.98 Å². The van der Waals surface area contributed by atoms with Gasteiger partial charge < -0.3 is 9.47 Å². The molecule has 0 spiro atoms. The first-order chi connectivity index (χ1) is 31.2. The Morgan fingerprint density at radius 1 is 0.587 bits per heavy atom. The monoisotopic (exact) mass is 816 g/mol. The topological polar surface area (TPSA) is 44.0 Å². The van der Waals surface area contributed by atoms with E-state index >= 15 is 0 Å². The van der Waals surface area contributed by atoms with E-state index in [-0.39, 0.29) is 0 Å². The standard InChI is InChI=1S/C57H44N4O2/c1-3-31-59-32-11-17-46-44(27-29-51(62-2)55(46)59)54-42-16-8-7-15-41(42)53(43-28-30-52-56-47(43)18-12-33-60(56)34-35-63-52)45-26-25-39(36-48(45)54)37-21-23-38(24-22-37)57-58-49-19-9-10-20-50(49)61(57)40-13-5-4-6-14-40/h4-30,32-33,36H,3,31,34-35H2,1-2H3/q+2. The molecule has 0 saturated heterocycles. The van der Waals surface area contributed by atoms with Crippen LogP contribution in [0.2, 0.25) is 0 Å². The number of aryl methyl sites for hydroxylation is 1. The van der Waals surface area contributed by atoms with Gasteiger partial charge in [0.15, 0.2) is 30.4 Å². The number of aromatic nitrogens is 4. The average Bonchev–Trinajstić information content (AvgIpc) is 3.74. The first kappa shape index (κ1) is 37.0. The summed E-state index contributed by atoms with van der Waals surface area (Å²) >= 11 is 0. The number of fused-ring (bicyclic) bond motifs is 4. The number of hydrogen-bond donors (Lipinski definition) is 0. The zero-order valence-corrected chi connectivity index (χ0v) is 35.3. The lowest BCUT2D eigenvalue weighted by atomic mass is 9.83. The number of ether oxygens (including phenoxy) is 2. The molecular formula is C57H44N4O2+2. The summed E-state index contributed by atoms with van der Waals surface area (Å²) in [6.45, 7) is 4.61. The van der Waals surface area contributed by atoms with Crippen LogP contribution in [0.4, 0.5) is 0 Å². The zero-order chi connectivity index (χ0) is 42.0. The molecule has 12 rings (SSSR count). The number of rotatable bonds is 8. The van der Waals surface area contributed by atoms with Gasteiger partial charge in [-0.05, 0) is 122 Å². The Morgan fingerprint density at radius 2 is 1.24 bits per heavy atom. The van der Waals surface area contributed by atoms with Crippen molar-refractivity contribution in [1.82, 2.24) is 9.55 Å². The first-order valence-electron chi connectivity index (χ1n) is 21.9. The molecule has 4 heterocycles. The highest BCUT2D eigenvalue weighted by Gasteiger charge is 2.27. The summed E-state index contributed by atoms with van der Waals surface area (Å²) in [5.41, 5.74) is 13.5. The molecule has 8 aromatic carbocycles. The maximum Gasteiger partial charge on any atom is 0.255 e. The molecule has 0 bridgehead atoms. The fraction of sp³-hybridized carbons (Fsp3) is 0.105. The Bertz CT molecular complexity index is 3580. The molecule has 6 nitrogen and oxygen atoms in total. The number of benzene rings is 8. The number of hydrogen-bond acceptors (Lipinski definition) is 3. The van der Waals surface area contributed by atoms with Gasteiger partial charge in [0.1, 0.15) is 19.0 Å². The van der Waals surface area contributed by atoms with Crippen molar-refractivity contribution in [3.05, 3.63) is 182 Å². The second-order valence-electron chi connectivity index (χ2n) is 16.4. The van der Waals surface area contributed by atoms with E-state index in [1.807, 2.05) is 0 Å². The van der Waals surface area contributed by atoms with Crippen molar-refractivity contribution in [2.75, 3.05) is 13.7 Å². The van der Waals surface area contributed by atoms with Crippen molar-refractivity contribution >= 4 is 54.4 Å². The minimum Gasteiger partial charge on any atom is -0.490 e. The molecule has 1 aliphatic rings. The summed E-state index contributed by atoms with van der Waals surface area (Å²) in [6, 6.07) is 61.5. The predicted molar refractivity (Wildman–Crippen MR) is 256 cm³/mol. The van der Waals surface area contributed by atoms with E-state index in [1.54, 1.807) is 7.11 Å². The molecule has 6 heteroatoms. The van der Waals surface area contributed by atoms with Crippen LogP contribution in [0.5, 0.6) is 11.5 Å². The summed E-state index contributed by atoms with van der Waals surface area (Å²) in [7, 11) is 1.77. The molecule has 0 atom stereocenters. The first-order valence-corrected chi connectivity index (χ1v) is 21.9. The van der Waals surface area contributed by atoms with Crippen LogP contribution in [-0.2, 0) is 13.1 Å². The van der Waals surface area contributed by atoms with Crippen molar-refractivity contribution in [3.63, 3.8) is 0 Å². The molecule has 0 unspecified atom stereocenters. The van der Waals surface area contributed by atoms with E-state index in [2.05, 4.69) is 203 Å². The van der Waals surface area contributed by atoms with Crippen molar-refractivity contribution in [2.45, 2.75) is 26.4 Å². The smallest absolute Gasteiger partial charge is 0.255 e. The van der Waals surface area contributed by atoms with E-state index in [9.17, 15) is 0 Å². The highest BCUT2D eigenvalue weighted by Crippen LogP contribution is 2.48. The Hall–Kier alpha value is -7.83. The predicted octanol–water partition coefficient (Wildman–Crippen LogP) is 12.7. The van der Waals surface area contributed by atoms with E-state index in [0.717, 1.165) is 86.7 Å². The summed E-state index contributed by atoms with van der Waals surface area (Å²) < 4.78 is 19.2. The Kier molecular flexibility index (Phi) is 8.78. The van der Waals surface area contributed by atoms with Crippen LogP contribution in [0, 0.1) is 0 Å². The Balaban J connectivity index is 1.12. The van der Waals surface area contributed by atoms with Gasteiger partial charge in [0.05, 0.1) is 28.9 Å². The molecule has 1 aliphatic heterocycles. The summed E-state index contributed by atoms with van der Waals surface area (Å²) in [5, 5.41) is 7.15. The minimum atomic E-state index is 0.668. The molecule has 0 N–H and O–H groups in total. The van der Waals surface area contributed by atoms with Crippen LogP contribution in [0.1, 0.15) is 13.3 Å². The third-order valence-corrected chi connectivity index (χ3v) is 12.9. The maximum atomic E-state index is 6.23. The number of para-hydroxylation sites is 3. The van der Waals surface area contributed by atoms with Crippen LogP contribution < -0.4 is 18.6 Å². The third-order valence-electron chi connectivity index (χ3n) is 12.9. The lowest BCUT2D eigenvalue weighted by molar-refractivity contribution is -0.676. The molecule has 3 aromatic heterocycles. The lowest BCUT2D eigenvalue weighted by Gasteiger charge is -2.21. The molecule has 0 amide bonds. The Morgan fingerprint density at radius 3 is 2.03 bits per heavy atom. The molecule has 63 heavy (non-hydrogen) atoms. The highest BCUT2D eigenvalue weighted by atomic mass is 16.5. The van der Waals surface area contributed by atoms with Gasteiger partial charge >= 0.3 is 0 Å². The molecule has 0 aliphatic carbocycles. The second kappa shape index (κ2) is 15.0. The molecular weight excluding hydrogens is 773 g/mol. The van der Waals surface area contributed by atoms with Crippen molar-refractivity contribution in [1.29, 1.82) is 0 Å². The van der Waals surface area contributed by atoms with E-state index in [0.29, 0.717) is 6.61 Å². The molecule has 11 aromatic rings. The Labute approximate surface area is 365 Å². The molecule has 0 saturated carbocycles. The van der Waals surface area contributed by atoms with E-state index < -0.39 is 0 Å². The van der Waals surface area contributed by atoms with Gasteiger partial charge in [-0.15, -0.1) is 0 Å². The number of imidazole rings is 1. The SMILES string of the molecule is CCC[n+]1cccc2c(-c3c4ccccc4c(-c4ccc5c6c4ccc[n+]6CCO5)c4ccc(-c5ccc(-c6nc7ccccc7n6-c6ccccc6)cc5)cc34)ccc(OC)c21. The van der Waals surface area contributed by atoms with Crippen molar-refractivity contribution < 1.29 is 18.6 Å². The second-order valence-corrected chi connectivity index (χ2v) is 16.4. The van der Waals surface area contributed by atoms with Crippen LogP contribution >= 0.6 is 0 Å². The minimum absolute atomic E-state index is 0.668. The fourth-order valence-corrected chi connectivity index (χ4v) is 10.1. The van der Waals surface area contributed by atoms with E-state index in [1.165, 1.54) is 49.2 Å². The lowest BCUT2D eigenvalue weighted by Crippen LogP contribution is -2.40. The summed E-state index contributed by atoms with van der Waals surface area (Å²) in [4.78, 5) is 5.15. The zero-order valence-electron chi connectivity index (χ0n) is 35.3. The molecule has 0 radical (unpaired) electrons. The third kappa shape index (κ3) is 5.89. The van der Waals surface area contributed by atoms with Crippen LogP contribution in [0.3, 0.4) is 0 Å². The van der Waals surface area contributed by atoms with Crippen LogP contribution in [-0.4, -0.2) is 23.3 Å². The van der Waals surface area contributed by atoms with Crippen LogP contribution in [0.15, 0.2) is 182 Å². The van der Waals surface area contributed by atoms with Gasteiger partial charge in [-0.2, -0.15) is 9.13 Å². The molecule has 0 fully saturated rings. The fourth-order valence-electron chi connectivity index (χ4n) is 10.1. The van der Waals surface area contributed by atoms with Gasteiger partial charge in [-0.3, -0.25) is 4.57 Å². The van der Waals surface area contributed by atoms with Gasteiger partial charge in [0, 0.05) is 29.8 Å². The highest BCUT2D eigenvalue weighted by molar-refractivity contribution is 6.25.